The molecule has 0 unspecified atom stereocenters. The zero-order valence-corrected chi connectivity index (χ0v) is 21.1. The van der Waals surface area contributed by atoms with Crippen molar-refractivity contribution in [1.82, 2.24) is 24.2 Å². The summed E-state index contributed by atoms with van der Waals surface area (Å²) in [5.74, 6) is 0. The van der Waals surface area contributed by atoms with Crippen molar-refractivity contribution in [2.24, 2.45) is 0 Å². The molecule has 8 nitrogen and oxygen atoms in total. The van der Waals surface area contributed by atoms with Crippen molar-refractivity contribution in [2.45, 2.75) is 31.5 Å². The SMILES string of the molecule is Nc1ccccc1CN1CCC(O)(Cn2cnc3c(cnn3-c3ccc(-c4ccccc4)cc3)c2=O)CC1. The van der Waals surface area contributed by atoms with Crippen LogP contribution in [0.4, 0.5) is 5.69 Å². The molecule has 0 aliphatic carbocycles. The molecule has 38 heavy (non-hydrogen) atoms. The van der Waals surface area contributed by atoms with Gasteiger partial charge in [0, 0.05) is 25.3 Å². The van der Waals surface area contributed by atoms with Crippen LogP contribution < -0.4 is 11.3 Å². The highest BCUT2D eigenvalue weighted by Crippen LogP contribution is 2.26. The first-order valence-corrected chi connectivity index (χ1v) is 12.9. The molecule has 6 rings (SSSR count). The van der Waals surface area contributed by atoms with Gasteiger partial charge in [0.05, 0.1) is 24.0 Å². The number of hydrogen-bond acceptors (Lipinski definition) is 6. The number of nitrogens with two attached hydrogens (primary N) is 1. The summed E-state index contributed by atoms with van der Waals surface area (Å²) in [6.07, 6.45) is 4.22. The molecule has 192 valence electrons. The van der Waals surface area contributed by atoms with E-state index in [1.54, 1.807) is 10.9 Å². The highest BCUT2D eigenvalue weighted by molar-refractivity contribution is 5.75. The normalized spacial score (nSPS) is 15.6. The number of rotatable bonds is 6. The molecule has 0 amide bonds. The molecule has 0 spiro atoms. The molecule has 8 heteroatoms. The van der Waals surface area contributed by atoms with Crippen molar-refractivity contribution in [1.29, 1.82) is 0 Å². The van der Waals surface area contributed by atoms with E-state index in [1.165, 1.54) is 10.9 Å². The first-order valence-electron chi connectivity index (χ1n) is 12.9. The highest BCUT2D eigenvalue weighted by Gasteiger charge is 2.33. The van der Waals surface area contributed by atoms with Crippen molar-refractivity contribution in [3.63, 3.8) is 0 Å². The topological polar surface area (TPSA) is 102 Å². The predicted molar refractivity (Wildman–Crippen MR) is 149 cm³/mol. The molecule has 0 saturated carbocycles. The fourth-order valence-electron chi connectivity index (χ4n) is 5.20. The number of likely N-dealkylation sites (tertiary alicyclic amines) is 1. The van der Waals surface area contributed by atoms with Gasteiger partial charge in [-0.1, -0.05) is 60.7 Å². The minimum atomic E-state index is -0.971. The number of benzene rings is 3. The van der Waals surface area contributed by atoms with E-state index >= 15 is 0 Å². The van der Waals surface area contributed by atoms with Crippen molar-refractivity contribution in [3.8, 4) is 16.8 Å². The first-order chi connectivity index (χ1) is 18.5. The van der Waals surface area contributed by atoms with Crippen LogP contribution in [0.5, 0.6) is 0 Å². The summed E-state index contributed by atoms with van der Waals surface area (Å²) in [5.41, 5.74) is 10.4. The summed E-state index contributed by atoms with van der Waals surface area (Å²) < 4.78 is 3.19. The molecule has 0 bridgehead atoms. The van der Waals surface area contributed by atoms with Gasteiger partial charge in [-0.25, -0.2) is 9.67 Å². The molecular formula is C30H30N6O2. The molecule has 1 aliphatic heterocycles. The molecule has 3 aromatic carbocycles. The van der Waals surface area contributed by atoms with Crippen LogP contribution >= 0.6 is 0 Å². The lowest BCUT2D eigenvalue weighted by molar-refractivity contribution is -0.0364. The first kappa shape index (κ1) is 24.1. The van der Waals surface area contributed by atoms with Crippen LogP contribution in [-0.2, 0) is 13.1 Å². The van der Waals surface area contributed by atoms with E-state index in [9.17, 15) is 9.90 Å². The maximum absolute atomic E-state index is 13.3. The predicted octanol–water partition coefficient (Wildman–Crippen LogP) is 3.86. The number of aliphatic hydroxyl groups is 1. The fraction of sp³-hybridized carbons (Fsp3) is 0.233. The smallest absolute Gasteiger partial charge is 0.264 e. The van der Waals surface area contributed by atoms with Gasteiger partial charge in [0.2, 0.25) is 0 Å². The van der Waals surface area contributed by atoms with Gasteiger partial charge in [-0.15, -0.1) is 0 Å². The van der Waals surface area contributed by atoms with E-state index in [0.29, 0.717) is 23.9 Å². The van der Waals surface area contributed by atoms with Crippen LogP contribution in [0.2, 0.25) is 0 Å². The van der Waals surface area contributed by atoms with Gasteiger partial charge < -0.3 is 10.8 Å². The van der Waals surface area contributed by atoms with Crippen LogP contribution in [0.15, 0.2) is 96.2 Å². The number of nitrogens with zero attached hydrogens (tertiary/aromatic N) is 5. The molecule has 1 aliphatic rings. The quantitative estimate of drug-likeness (QED) is 0.339. The van der Waals surface area contributed by atoms with Gasteiger partial charge in [0.25, 0.3) is 5.56 Å². The highest BCUT2D eigenvalue weighted by atomic mass is 16.3. The number of piperidine rings is 1. The molecule has 1 saturated heterocycles. The third-order valence-corrected chi connectivity index (χ3v) is 7.47. The van der Waals surface area contributed by atoms with Gasteiger partial charge in [-0.2, -0.15) is 5.10 Å². The Hall–Kier alpha value is -4.27. The Morgan fingerprint density at radius 2 is 1.58 bits per heavy atom. The maximum atomic E-state index is 13.3. The van der Waals surface area contributed by atoms with E-state index in [1.807, 2.05) is 66.7 Å². The Balaban J connectivity index is 1.17. The van der Waals surface area contributed by atoms with Gasteiger partial charge in [0.1, 0.15) is 11.7 Å². The van der Waals surface area contributed by atoms with Crippen LogP contribution in [0.25, 0.3) is 27.8 Å². The molecule has 1 fully saturated rings. The van der Waals surface area contributed by atoms with Gasteiger partial charge in [0.15, 0.2) is 5.65 Å². The second kappa shape index (κ2) is 9.89. The molecule has 5 aromatic rings. The lowest BCUT2D eigenvalue weighted by Crippen LogP contribution is -2.47. The Bertz CT molecular complexity index is 1620. The molecular weight excluding hydrogens is 476 g/mol. The van der Waals surface area contributed by atoms with E-state index < -0.39 is 5.60 Å². The van der Waals surface area contributed by atoms with E-state index in [4.69, 9.17) is 5.73 Å². The summed E-state index contributed by atoms with van der Waals surface area (Å²) in [4.78, 5) is 20.2. The minimum absolute atomic E-state index is 0.199. The van der Waals surface area contributed by atoms with Crippen LogP contribution in [0.1, 0.15) is 18.4 Å². The standard InChI is InChI=1S/C30H30N6O2/c31-27-9-5-4-8-24(27)19-34-16-14-30(38,15-17-34)20-35-21-32-28-26(29(35)37)18-33-36(28)25-12-10-23(11-13-25)22-6-2-1-3-7-22/h1-13,18,21,38H,14-17,19-20,31H2. The summed E-state index contributed by atoms with van der Waals surface area (Å²) in [7, 11) is 0. The number of fused-ring (bicyclic) bond motifs is 1. The summed E-state index contributed by atoms with van der Waals surface area (Å²) in [6, 6.07) is 26.0. The third kappa shape index (κ3) is 4.71. The van der Waals surface area contributed by atoms with E-state index in [-0.39, 0.29) is 12.1 Å². The van der Waals surface area contributed by atoms with Gasteiger partial charge in [-0.05, 0) is 47.7 Å². The molecule has 3 N–H and O–H groups in total. The maximum Gasteiger partial charge on any atom is 0.264 e. The van der Waals surface area contributed by atoms with E-state index in [2.05, 4.69) is 27.1 Å². The molecule has 0 radical (unpaired) electrons. The minimum Gasteiger partial charge on any atom is -0.398 e. The summed E-state index contributed by atoms with van der Waals surface area (Å²) >= 11 is 0. The van der Waals surface area contributed by atoms with Crippen LogP contribution in [-0.4, -0.2) is 48.0 Å². The second-order valence-corrected chi connectivity index (χ2v) is 10.1. The third-order valence-electron chi connectivity index (χ3n) is 7.47. The van der Waals surface area contributed by atoms with Crippen molar-refractivity contribution in [2.75, 3.05) is 18.8 Å². The number of anilines is 1. The van der Waals surface area contributed by atoms with Crippen LogP contribution in [0.3, 0.4) is 0 Å². The van der Waals surface area contributed by atoms with Crippen LogP contribution in [0, 0.1) is 0 Å². The molecule has 0 atom stereocenters. The van der Waals surface area contributed by atoms with Crippen molar-refractivity contribution >= 4 is 16.7 Å². The fourth-order valence-corrected chi connectivity index (χ4v) is 5.20. The zero-order valence-electron chi connectivity index (χ0n) is 21.1. The Morgan fingerprint density at radius 1 is 0.895 bits per heavy atom. The average molecular weight is 507 g/mol. The van der Waals surface area contributed by atoms with E-state index in [0.717, 1.165) is 47.7 Å². The molecule has 2 aromatic heterocycles. The monoisotopic (exact) mass is 506 g/mol. The van der Waals surface area contributed by atoms with Crippen molar-refractivity contribution < 1.29 is 5.11 Å². The summed E-state index contributed by atoms with van der Waals surface area (Å²) in [6.45, 7) is 2.41. The average Bonchev–Trinajstić information content (AvgIpc) is 3.38. The molecule has 3 heterocycles. The largest absolute Gasteiger partial charge is 0.398 e. The number of para-hydroxylation sites is 1. The lowest BCUT2D eigenvalue weighted by Gasteiger charge is -2.38. The summed E-state index contributed by atoms with van der Waals surface area (Å²) in [5, 5.41) is 16.2. The number of hydrogen-bond donors (Lipinski definition) is 2. The number of nitrogen functional groups attached to an aromatic ring is 1. The van der Waals surface area contributed by atoms with Gasteiger partial charge >= 0.3 is 0 Å². The van der Waals surface area contributed by atoms with Crippen molar-refractivity contribution in [3.05, 3.63) is 107 Å². The van der Waals surface area contributed by atoms with Gasteiger partial charge in [-0.3, -0.25) is 14.3 Å². The Morgan fingerprint density at radius 3 is 2.32 bits per heavy atom. The Labute approximate surface area is 220 Å². The lowest BCUT2D eigenvalue weighted by atomic mass is 9.91. The Kier molecular flexibility index (Phi) is 6.27. The zero-order chi connectivity index (χ0) is 26.1. The number of aromatic nitrogens is 4. The second-order valence-electron chi connectivity index (χ2n) is 10.1.